The van der Waals surface area contributed by atoms with Crippen LogP contribution in [0.15, 0.2) is 42.5 Å². The van der Waals surface area contributed by atoms with Gasteiger partial charge in [0.2, 0.25) is 5.91 Å². The highest BCUT2D eigenvalue weighted by Gasteiger charge is 2.27. The second-order valence-corrected chi connectivity index (χ2v) is 6.89. The molecule has 0 bridgehead atoms. The van der Waals surface area contributed by atoms with E-state index in [1.54, 1.807) is 4.90 Å². The first-order chi connectivity index (χ1) is 12.6. The number of ether oxygens (including phenoxy) is 1. The molecule has 2 aliphatic rings. The highest BCUT2D eigenvalue weighted by Crippen LogP contribution is 2.33. The Balaban J connectivity index is 1.43. The molecule has 5 nitrogen and oxygen atoms in total. The number of carbonyl (C=O) groups excluding carboxylic acids is 2. The van der Waals surface area contributed by atoms with Crippen LogP contribution in [0.3, 0.4) is 0 Å². The molecule has 0 fully saturated rings. The van der Waals surface area contributed by atoms with Crippen molar-refractivity contribution in [1.29, 1.82) is 0 Å². The lowest BCUT2D eigenvalue weighted by atomic mass is 10.00. The summed E-state index contributed by atoms with van der Waals surface area (Å²) < 4.78 is 5.52. The van der Waals surface area contributed by atoms with Gasteiger partial charge in [-0.15, -0.1) is 0 Å². The van der Waals surface area contributed by atoms with Crippen molar-refractivity contribution in [2.75, 3.05) is 24.6 Å². The minimum absolute atomic E-state index is 0.0295. The maximum Gasteiger partial charge on any atom is 0.265 e. The van der Waals surface area contributed by atoms with Gasteiger partial charge in [0.05, 0.1) is 5.69 Å². The van der Waals surface area contributed by atoms with E-state index in [2.05, 4.69) is 12.1 Å². The van der Waals surface area contributed by atoms with Gasteiger partial charge in [0.1, 0.15) is 5.75 Å². The molecule has 26 heavy (non-hydrogen) atoms. The number of hydrogen-bond donors (Lipinski definition) is 0. The minimum atomic E-state index is -0.0989. The lowest BCUT2D eigenvalue weighted by Crippen LogP contribution is -2.42. The summed E-state index contributed by atoms with van der Waals surface area (Å²) in [5.41, 5.74) is 4.38. The molecular weight excluding hydrogens is 328 g/mol. The Kier molecular flexibility index (Phi) is 4.37. The SMILES string of the molecule is Cc1ccc2c(c1)OCC(=O)N2CCC(=O)N1CCc2ccccc2C1. The number of benzene rings is 2. The summed E-state index contributed by atoms with van der Waals surface area (Å²) in [4.78, 5) is 28.5. The van der Waals surface area contributed by atoms with Crippen LogP contribution >= 0.6 is 0 Å². The first kappa shape index (κ1) is 16.6. The maximum atomic E-state index is 12.7. The van der Waals surface area contributed by atoms with E-state index in [-0.39, 0.29) is 18.4 Å². The molecule has 2 aromatic carbocycles. The summed E-state index contributed by atoms with van der Waals surface area (Å²) in [7, 11) is 0. The second kappa shape index (κ2) is 6.83. The highest BCUT2D eigenvalue weighted by atomic mass is 16.5. The zero-order valence-electron chi connectivity index (χ0n) is 14.9. The van der Waals surface area contributed by atoms with Crippen LogP contribution in [0.2, 0.25) is 0 Å². The van der Waals surface area contributed by atoms with Crippen molar-refractivity contribution in [3.63, 3.8) is 0 Å². The molecule has 2 heterocycles. The van der Waals surface area contributed by atoms with E-state index in [1.165, 1.54) is 11.1 Å². The van der Waals surface area contributed by atoms with Crippen molar-refractivity contribution < 1.29 is 14.3 Å². The zero-order valence-corrected chi connectivity index (χ0v) is 14.9. The summed E-state index contributed by atoms with van der Waals surface area (Å²) in [6, 6.07) is 14.0. The second-order valence-electron chi connectivity index (χ2n) is 6.89. The van der Waals surface area contributed by atoms with Gasteiger partial charge in [0.25, 0.3) is 5.91 Å². The topological polar surface area (TPSA) is 49.9 Å². The Labute approximate surface area is 153 Å². The fourth-order valence-electron chi connectivity index (χ4n) is 3.63. The first-order valence-corrected chi connectivity index (χ1v) is 9.00. The fraction of sp³-hybridized carbons (Fsp3) is 0.333. The molecule has 2 aromatic rings. The minimum Gasteiger partial charge on any atom is -0.482 e. The van der Waals surface area contributed by atoms with Gasteiger partial charge >= 0.3 is 0 Å². The molecule has 0 atom stereocenters. The van der Waals surface area contributed by atoms with Gasteiger partial charge in [-0.1, -0.05) is 30.3 Å². The Bertz CT molecular complexity index is 862. The number of nitrogens with zero attached hydrogens (tertiary/aromatic N) is 2. The molecule has 4 rings (SSSR count). The fourth-order valence-corrected chi connectivity index (χ4v) is 3.63. The van der Waals surface area contributed by atoms with Gasteiger partial charge in [0.15, 0.2) is 6.61 Å². The predicted molar refractivity (Wildman–Crippen MR) is 99.2 cm³/mol. The van der Waals surface area contributed by atoms with Gasteiger partial charge in [-0.3, -0.25) is 9.59 Å². The van der Waals surface area contributed by atoms with E-state index in [0.717, 1.165) is 24.2 Å². The van der Waals surface area contributed by atoms with Crippen molar-refractivity contribution in [2.24, 2.45) is 0 Å². The summed E-state index contributed by atoms with van der Waals surface area (Å²) >= 11 is 0. The zero-order chi connectivity index (χ0) is 18.1. The van der Waals surface area contributed by atoms with E-state index in [0.29, 0.717) is 25.3 Å². The highest BCUT2D eigenvalue weighted by molar-refractivity contribution is 5.98. The molecular formula is C21H22N2O3. The van der Waals surface area contributed by atoms with Crippen molar-refractivity contribution in [3.05, 3.63) is 59.2 Å². The third-order valence-corrected chi connectivity index (χ3v) is 5.09. The average Bonchev–Trinajstić information content (AvgIpc) is 2.66. The van der Waals surface area contributed by atoms with Crippen LogP contribution in [-0.4, -0.2) is 36.4 Å². The van der Waals surface area contributed by atoms with Crippen LogP contribution in [0.4, 0.5) is 5.69 Å². The number of rotatable bonds is 3. The maximum absolute atomic E-state index is 12.7. The van der Waals surface area contributed by atoms with Crippen molar-refractivity contribution in [3.8, 4) is 5.75 Å². The normalized spacial score (nSPS) is 16.0. The largest absolute Gasteiger partial charge is 0.482 e. The quantitative estimate of drug-likeness (QED) is 0.855. The van der Waals surface area contributed by atoms with Crippen LogP contribution in [0, 0.1) is 6.92 Å². The van der Waals surface area contributed by atoms with Gasteiger partial charge in [-0.05, 0) is 42.2 Å². The molecule has 0 radical (unpaired) electrons. The molecule has 0 saturated carbocycles. The Hall–Kier alpha value is -2.82. The van der Waals surface area contributed by atoms with Crippen molar-refractivity contribution >= 4 is 17.5 Å². The van der Waals surface area contributed by atoms with Gasteiger partial charge in [-0.25, -0.2) is 0 Å². The lowest BCUT2D eigenvalue weighted by molar-refractivity contribution is -0.132. The van der Waals surface area contributed by atoms with Gasteiger partial charge in [-0.2, -0.15) is 0 Å². The number of aryl methyl sites for hydroxylation is 1. The Morgan fingerprint density at radius 2 is 1.96 bits per heavy atom. The molecule has 0 unspecified atom stereocenters. The predicted octanol–water partition coefficient (Wildman–Crippen LogP) is 2.70. The number of anilines is 1. The van der Waals surface area contributed by atoms with Crippen LogP contribution in [-0.2, 0) is 22.6 Å². The van der Waals surface area contributed by atoms with Crippen LogP contribution in [0.5, 0.6) is 5.75 Å². The van der Waals surface area contributed by atoms with E-state index in [4.69, 9.17) is 4.74 Å². The number of carbonyl (C=O) groups is 2. The van der Waals surface area contributed by atoms with Crippen LogP contribution in [0.25, 0.3) is 0 Å². The monoisotopic (exact) mass is 350 g/mol. The molecule has 5 heteroatoms. The van der Waals surface area contributed by atoms with Crippen molar-refractivity contribution in [1.82, 2.24) is 4.90 Å². The summed E-state index contributed by atoms with van der Waals surface area (Å²) in [5.74, 6) is 0.703. The number of fused-ring (bicyclic) bond motifs is 2. The summed E-state index contributed by atoms with van der Waals surface area (Å²) in [6.07, 6.45) is 1.21. The van der Waals surface area contributed by atoms with E-state index in [9.17, 15) is 9.59 Å². The molecule has 0 aromatic heterocycles. The number of hydrogen-bond acceptors (Lipinski definition) is 3. The van der Waals surface area contributed by atoms with Crippen LogP contribution < -0.4 is 9.64 Å². The molecule has 0 spiro atoms. The third kappa shape index (κ3) is 3.17. The average molecular weight is 350 g/mol. The molecule has 0 aliphatic carbocycles. The standard InChI is InChI=1S/C21H22N2O3/c1-15-6-7-18-19(12-15)26-14-21(25)23(18)11-9-20(24)22-10-8-16-4-2-3-5-17(16)13-22/h2-7,12H,8-11,13-14H2,1H3. The molecule has 0 saturated heterocycles. The van der Waals surface area contributed by atoms with Crippen molar-refractivity contribution in [2.45, 2.75) is 26.3 Å². The molecule has 134 valence electrons. The van der Waals surface area contributed by atoms with E-state index < -0.39 is 0 Å². The van der Waals surface area contributed by atoms with E-state index >= 15 is 0 Å². The third-order valence-electron chi connectivity index (χ3n) is 5.09. The smallest absolute Gasteiger partial charge is 0.265 e. The first-order valence-electron chi connectivity index (χ1n) is 9.00. The Morgan fingerprint density at radius 1 is 1.15 bits per heavy atom. The van der Waals surface area contributed by atoms with Crippen LogP contribution in [0.1, 0.15) is 23.1 Å². The molecule has 2 amide bonds. The molecule has 0 N–H and O–H groups in total. The van der Waals surface area contributed by atoms with Gasteiger partial charge < -0.3 is 14.5 Å². The lowest BCUT2D eigenvalue weighted by Gasteiger charge is -2.32. The number of amides is 2. The van der Waals surface area contributed by atoms with Gasteiger partial charge in [0, 0.05) is 26.1 Å². The summed E-state index contributed by atoms with van der Waals surface area (Å²) in [5, 5.41) is 0. The molecule has 2 aliphatic heterocycles. The van der Waals surface area contributed by atoms with E-state index in [1.807, 2.05) is 42.2 Å². The Morgan fingerprint density at radius 3 is 2.81 bits per heavy atom. The summed E-state index contributed by atoms with van der Waals surface area (Å²) in [6.45, 7) is 3.80.